The Morgan fingerprint density at radius 3 is 2.75 bits per heavy atom. The number of piperidine rings is 1. The van der Waals surface area contributed by atoms with Crippen LogP contribution in [0.25, 0.3) is 0 Å². The summed E-state index contributed by atoms with van der Waals surface area (Å²) in [5, 5.41) is 0. The van der Waals surface area contributed by atoms with E-state index in [2.05, 4.69) is 29.7 Å². The van der Waals surface area contributed by atoms with E-state index < -0.39 is 0 Å². The van der Waals surface area contributed by atoms with Crippen LogP contribution >= 0.6 is 11.3 Å². The fourth-order valence-electron chi connectivity index (χ4n) is 5.67. The number of aryl methyl sites for hydroxylation is 2. The van der Waals surface area contributed by atoms with Crippen LogP contribution in [0.1, 0.15) is 53.2 Å². The predicted octanol–water partition coefficient (Wildman–Crippen LogP) is 4.90. The molecule has 148 valence electrons. The smallest absolute Gasteiger partial charge is 0.263 e. The zero-order valence-electron chi connectivity index (χ0n) is 16.6. The number of hydrogen-bond acceptors (Lipinski definition) is 3. The monoisotopic (exact) mass is 398 g/mol. The van der Waals surface area contributed by atoms with E-state index in [0.29, 0.717) is 12.0 Å². The Balaban J connectivity index is 1.35. The van der Waals surface area contributed by atoms with Gasteiger partial charge in [0.1, 0.15) is 5.82 Å². The van der Waals surface area contributed by atoms with E-state index in [0.717, 1.165) is 49.3 Å². The van der Waals surface area contributed by atoms with E-state index in [1.165, 1.54) is 16.9 Å². The lowest BCUT2D eigenvalue weighted by Gasteiger charge is -2.41. The van der Waals surface area contributed by atoms with Gasteiger partial charge in [0.2, 0.25) is 0 Å². The number of fused-ring (bicyclic) bond motifs is 2. The molecule has 1 aromatic carbocycles. The van der Waals surface area contributed by atoms with Crippen molar-refractivity contribution in [3.63, 3.8) is 0 Å². The Labute approximate surface area is 170 Å². The van der Waals surface area contributed by atoms with Gasteiger partial charge in [-0.2, -0.15) is 0 Å². The Morgan fingerprint density at radius 1 is 1.21 bits per heavy atom. The van der Waals surface area contributed by atoms with Gasteiger partial charge in [-0.3, -0.25) is 4.79 Å². The molecule has 3 nitrogen and oxygen atoms in total. The van der Waals surface area contributed by atoms with Crippen LogP contribution in [0.3, 0.4) is 0 Å². The predicted molar refractivity (Wildman–Crippen MR) is 112 cm³/mol. The van der Waals surface area contributed by atoms with E-state index in [1.807, 2.05) is 12.1 Å². The molecule has 2 aromatic rings. The largest absolute Gasteiger partial charge is 0.363 e. The third kappa shape index (κ3) is 2.95. The summed E-state index contributed by atoms with van der Waals surface area (Å²) < 4.78 is 13.4. The van der Waals surface area contributed by atoms with Crippen molar-refractivity contribution in [1.29, 1.82) is 0 Å². The van der Waals surface area contributed by atoms with Crippen LogP contribution in [-0.2, 0) is 12.8 Å². The van der Waals surface area contributed by atoms with Crippen LogP contribution in [0, 0.1) is 11.7 Å². The standard InChI is InChI=1S/C23H27FN2OS/c1-23(2)13-16-14-25(22(27)21-12-15-4-3-5-20(15)28-21)11-10-19(16)26(23)18-8-6-17(24)7-9-18/h6-9,12,16,19H,3-5,10-11,13-14H2,1-2H3/t16-,19+/m1/s1. The third-order valence-electron chi connectivity index (χ3n) is 6.79. The lowest BCUT2D eigenvalue weighted by Crippen LogP contribution is -2.50. The van der Waals surface area contributed by atoms with Gasteiger partial charge >= 0.3 is 0 Å². The molecule has 1 amide bonds. The summed E-state index contributed by atoms with van der Waals surface area (Å²) in [4.78, 5) is 20.0. The molecule has 2 atom stereocenters. The Kier molecular flexibility index (Phi) is 4.27. The van der Waals surface area contributed by atoms with Crippen molar-refractivity contribution in [3.8, 4) is 0 Å². The normalized spacial score (nSPS) is 25.7. The zero-order chi connectivity index (χ0) is 19.5. The summed E-state index contributed by atoms with van der Waals surface area (Å²) >= 11 is 1.71. The summed E-state index contributed by atoms with van der Waals surface area (Å²) in [6.07, 6.45) is 5.53. The molecule has 0 bridgehead atoms. The van der Waals surface area contributed by atoms with Crippen LogP contribution in [0.5, 0.6) is 0 Å². The molecule has 5 heteroatoms. The number of carbonyl (C=O) groups excluding carboxylic acids is 1. The number of nitrogens with zero attached hydrogens (tertiary/aromatic N) is 2. The number of likely N-dealkylation sites (tertiary alicyclic amines) is 1. The number of halogens is 1. The molecule has 2 aliphatic heterocycles. The SMILES string of the molecule is CC1(C)C[C@@H]2CN(C(=O)c3cc4c(s3)CCC4)CC[C@@H]2N1c1ccc(F)cc1. The quantitative estimate of drug-likeness (QED) is 0.719. The van der Waals surface area contributed by atoms with Gasteiger partial charge in [0.15, 0.2) is 0 Å². The van der Waals surface area contributed by atoms with Crippen LogP contribution < -0.4 is 4.90 Å². The second-order valence-electron chi connectivity index (χ2n) is 9.14. The van der Waals surface area contributed by atoms with Gasteiger partial charge in [-0.25, -0.2) is 4.39 Å². The van der Waals surface area contributed by atoms with Crippen molar-refractivity contribution in [3.05, 3.63) is 51.5 Å². The lowest BCUT2D eigenvalue weighted by atomic mass is 9.89. The molecule has 0 spiro atoms. The third-order valence-corrected chi connectivity index (χ3v) is 8.01. The van der Waals surface area contributed by atoms with Gasteiger partial charge in [-0.05, 0) is 87.8 Å². The Morgan fingerprint density at radius 2 is 2.00 bits per heavy atom. The van der Waals surface area contributed by atoms with Gasteiger partial charge in [-0.15, -0.1) is 11.3 Å². The van der Waals surface area contributed by atoms with Gasteiger partial charge in [0.25, 0.3) is 5.91 Å². The highest BCUT2D eigenvalue weighted by Gasteiger charge is 2.48. The summed E-state index contributed by atoms with van der Waals surface area (Å²) in [7, 11) is 0. The van der Waals surface area contributed by atoms with Crippen molar-refractivity contribution >= 4 is 22.9 Å². The zero-order valence-corrected chi connectivity index (χ0v) is 17.4. The van der Waals surface area contributed by atoms with E-state index in [4.69, 9.17) is 0 Å². The maximum Gasteiger partial charge on any atom is 0.263 e. The van der Waals surface area contributed by atoms with Crippen molar-refractivity contribution in [2.75, 3.05) is 18.0 Å². The van der Waals surface area contributed by atoms with E-state index in [-0.39, 0.29) is 17.3 Å². The van der Waals surface area contributed by atoms with E-state index in [9.17, 15) is 9.18 Å². The molecule has 0 radical (unpaired) electrons. The van der Waals surface area contributed by atoms with E-state index in [1.54, 1.807) is 23.5 Å². The molecule has 3 heterocycles. The average Bonchev–Trinajstić information content (AvgIpc) is 3.31. The van der Waals surface area contributed by atoms with Gasteiger partial charge < -0.3 is 9.80 Å². The number of anilines is 1. The highest BCUT2D eigenvalue weighted by atomic mass is 32.1. The molecule has 2 saturated heterocycles. The molecule has 28 heavy (non-hydrogen) atoms. The number of hydrogen-bond donors (Lipinski definition) is 0. The van der Waals surface area contributed by atoms with Gasteiger partial charge in [0, 0.05) is 35.2 Å². The Hall–Kier alpha value is -1.88. The molecule has 2 fully saturated rings. The number of carbonyl (C=O) groups is 1. The van der Waals surface area contributed by atoms with Crippen LogP contribution in [0.4, 0.5) is 10.1 Å². The second-order valence-corrected chi connectivity index (χ2v) is 10.3. The molecule has 1 aliphatic carbocycles. The summed E-state index contributed by atoms with van der Waals surface area (Å²) in [5.41, 5.74) is 2.50. The summed E-state index contributed by atoms with van der Waals surface area (Å²) in [5.74, 6) is 0.487. The van der Waals surface area contributed by atoms with E-state index >= 15 is 0 Å². The highest BCUT2D eigenvalue weighted by Crippen LogP contribution is 2.45. The second kappa shape index (κ2) is 6.58. The molecule has 0 saturated carbocycles. The first-order valence-corrected chi connectivity index (χ1v) is 11.2. The van der Waals surface area contributed by atoms with Gasteiger partial charge in [0.05, 0.1) is 4.88 Å². The minimum absolute atomic E-state index is 0.0102. The minimum atomic E-state index is -0.194. The number of benzene rings is 1. The lowest BCUT2D eigenvalue weighted by molar-refractivity contribution is 0.0672. The van der Waals surface area contributed by atoms with Crippen molar-refractivity contribution in [2.45, 2.75) is 57.5 Å². The topological polar surface area (TPSA) is 23.6 Å². The molecule has 1 aromatic heterocycles. The number of rotatable bonds is 2. The van der Waals surface area contributed by atoms with Crippen molar-refractivity contribution < 1.29 is 9.18 Å². The minimum Gasteiger partial charge on any atom is -0.363 e. The summed E-state index contributed by atoms with van der Waals surface area (Å²) in [6, 6.07) is 9.44. The first-order chi connectivity index (χ1) is 13.4. The molecule has 5 rings (SSSR count). The molecule has 0 unspecified atom stereocenters. The first kappa shape index (κ1) is 18.2. The molecular formula is C23H27FN2OS. The fraction of sp³-hybridized carbons (Fsp3) is 0.522. The molecule has 0 N–H and O–H groups in total. The Bertz CT molecular complexity index is 882. The van der Waals surface area contributed by atoms with Crippen LogP contribution in [-0.4, -0.2) is 35.5 Å². The fourth-order valence-corrected chi connectivity index (χ4v) is 6.89. The van der Waals surface area contributed by atoms with Crippen LogP contribution in [0.2, 0.25) is 0 Å². The molecular weight excluding hydrogens is 371 g/mol. The first-order valence-electron chi connectivity index (χ1n) is 10.4. The number of amides is 1. The van der Waals surface area contributed by atoms with Gasteiger partial charge in [-0.1, -0.05) is 0 Å². The summed E-state index contributed by atoms with van der Waals surface area (Å²) in [6.45, 7) is 6.17. The highest BCUT2D eigenvalue weighted by molar-refractivity contribution is 7.14. The van der Waals surface area contributed by atoms with Crippen molar-refractivity contribution in [1.82, 2.24) is 4.90 Å². The van der Waals surface area contributed by atoms with Crippen molar-refractivity contribution in [2.24, 2.45) is 5.92 Å². The number of thiophene rings is 1. The average molecular weight is 399 g/mol. The maximum atomic E-state index is 13.4. The maximum absolute atomic E-state index is 13.4. The molecule has 3 aliphatic rings. The van der Waals surface area contributed by atoms with Crippen LogP contribution in [0.15, 0.2) is 30.3 Å².